The van der Waals surface area contributed by atoms with Crippen molar-refractivity contribution in [1.29, 1.82) is 0 Å². The van der Waals surface area contributed by atoms with E-state index in [4.69, 9.17) is 9.26 Å². The van der Waals surface area contributed by atoms with Gasteiger partial charge >= 0.3 is 0 Å². The lowest BCUT2D eigenvalue weighted by molar-refractivity contribution is 0.0555. The lowest BCUT2D eigenvalue weighted by Crippen LogP contribution is -2.10. The lowest BCUT2D eigenvalue weighted by Gasteiger charge is -2.14. The van der Waals surface area contributed by atoms with Gasteiger partial charge in [0.2, 0.25) is 5.82 Å². The molecule has 2 atom stereocenters. The predicted octanol–water partition coefficient (Wildman–Crippen LogP) is 1.47. The molecule has 1 aromatic rings. The van der Waals surface area contributed by atoms with Gasteiger partial charge in [0.25, 0.3) is 5.89 Å². The highest BCUT2D eigenvalue weighted by Crippen LogP contribution is 2.23. The molecule has 14 heavy (non-hydrogen) atoms. The van der Waals surface area contributed by atoms with Crippen molar-refractivity contribution >= 4 is 0 Å². The van der Waals surface area contributed by atoms with E-state index in [1.807, 2.05) is 13.8 Å². The number of ether oxygens (including phenoxy) is 1. The molecule has 1 rings (SSSR count). The summed E-state index contributed by atoms with van der Waals surface area (Å²) in [6, 6.07) is 0. The fourth-order valence-corrected chi connectivity index (χ4v) is 1.21. The van der Waals surface area contributed by atoms with E-state index in [1.165, 1.54) is 0 Å². The summed E-state index contributed by atoms with van der Waals surface area (Å²) in [6.07, 6.45) is -0.924. The Kier molecular flexibility index (Phi) is 3.60. The number of nitrogens with zero attached hydrogens (tertiary/aromatic N) is 2. The van der Waals surface area contributed by atoms with E-state index >= 15 is 0 Å². The van der Waals surface area contributed by atoms with Gasteiger partial charge < -0.3 is 14.4 Å². The predicted molar refractivity (Wildman–Crippen MR) is 49.5 cm³/mol. The van der Waals surface area contributed by atoms with Crippen LogP contribution in [0.1, 0.15) is 44.7 Å². The van der Waals surface area contributed by atoms with Crippen molar-refractivity contribution in [2.24, 2.45) is 5.92 Å². The lowest BCUT2D eigenvalue weighted by atomic mass is 10.1. The van der Waals surface area contributed by atoms with Crippen molar-refractivity contribution in [2.75, 3.05) is 7.11 Å². The quantitative estimate of drug-likeness (QED) is 0.797. The minimum absolute atomic E-state index is 0.189. The Morgan fingerprint density at radius 2 is 2.00 bits per heavy atom. The van der Waals surface area contributed by atoms with E-state index in [-0.39, 0.29) is 17.9 Å². The van der Waals surface area contributed by atoms with Crippen LogP contribution in [-0.2, 0) is 4.74 Å². The van der Waals surface area contributed by atoms with Gasteiger partial charge in [0.1, 0.15) is 12.2 Å². The van der Waals surface area contributed by atoms with Gasteiger partial charge in [-0.15, -0.1) is 0 Å². The molecule has 0 aliphatic rings. The van der Waals surface area contributed by atoms with E-state index < -0.39 is 6.10 Å². The topological polar surface area (TPSA) is 68.4 Å². The first kappa shape index (κ1) is 11.1. The highest BCUT2D eigenvalue weighted by Gasteiger charge is 2.22. The number of methoxy groups -OCH3 is 1. The summed E-state index contributed by atoms with van der Waals surface area (Å²) in [5.41, 5.74) is 0. The van der Waals surface area contributed by atoms with E-state index in [1.54, 1.807) is 14.0 Å². The van der Waals surface area contributed by atoms with E-state index in [9.17, 15) is 5.11 Å². The molecule has 0 aliphatic heterocycles. The molecule has 80 valence electrons. The first-order valence-electron chi connectivity index (χ1n) is 4.60. The van der Waals surface area contributed by atoms with Gasteiger partial charge in [-0.1, -0.05) is 19.0 Å². The Hall–Kier alpha value is -0.940. The average molecular weight is 200 g/mol. The standard InChI is InChI=1S/C9H16N2O3/c1-5(2)7(13-4)8-10-9(6(3)12)14-11-8/h5-7,12H,1-4H3. The molecule has 5 heteroatoms. The Morgan fingerprint density at radius 1 is 1.36 bits per heavy atom. The zero-order chi connectivity index (χ0) is 10.7. The largest absolute Gasteiger partial charge is 0.384 e. The van der Waals surface area contributed by atoms with Crippen LogP contribution in [0.15, 0.2) is 4.52 Å². The van der Waals surface area contributed by atoms with Crippen LogP contribution in [0, 0.1) is 5.92 Å². The maximum atomic E-state index is 9.19. The van der Waals surface area contributed by atoms with Crippen molar-refractivity contribution in [3.63, 3.8) is 0 Å². The number of aliphatic hydroxyl groups is 1. The number of aliphatic hydroxyl groups excluding tert-OH is 1. The molecule has 1 N–H and O–H groups in total. The van der Waals surface area contributed by atoms with E-state index in [0.29, 0.717) is 5.82 Å². The first-order valence-corrected chi connectivity index (χ1v) is 4.60. The molecule has 5 nitrogen and oxygen atoms in total. The molecule has 0 saturated heterocycles. The van der Waals surface area contributed by atoms with Crippen molar-refractivity contribution < 1.29 is 14.4 Å². The fraction of sp³-hybridized carbons (Fsp3) is 0.778. The third-order valence-electron chi connectivity index (χ3n) is 1.93. The summed E-state index contributed by atoms with van der Waals surface area (Å²) in [5.74, 6) is 0.973. The molecule has 0 saturated carbocycles. The Labute approximate surface area is 83.1 Å². The van der Waals surface area contributed by atoms with Crippen molar-refractivity contribution in [2.45, 2.75) is 33.0 Å². The molecule has 0 aliphatic carbocycles. The van der Waals surface area contributed by atoms with E-state index in [2.05, 4.69) is 10.1 Å². The van der Waals surface area contributed by atoms with Crippen molar-refractivity contribution in [3.8, 4) is 0 Å². The molecule has 0 amide bonds. The summed E-state index contributed by atoms with van der Waals surface area (Å²) in [4.78, 5) is 4.05. The second-order valence-corrected chi connectivity index (χ2v) is 3.57. The maximum absolute atomic E-state index is 9.19. The number of hydrogen-bond donors (Lipinski definition) is 1. The van der Waals surface area contributed by atoms with E-state index in [0.717, 1.165) is 0 Å². The third-order valence-corrected chi connectivity index (χ3v) is 1.93. The normalized spacial score (nSPS) is 15.9. The summed E-state index contributed by atoms with van der Waals surface area (Å²) >= 11 is 0. The van der Waals surface area contributed by atoms with Crippen LogP contribution in [0.3, 0.4) is 0 Å². The monoisotopic (exact) mass is 200 g/mol. The molecule has 1 aromatic heterocycles. The van der Waals surface area contributed by atoms with Crippen molar-refractivity contribution in [1.82, 2.24) is 10.1 Å². The molecule has 0 aromatic carbocycles. The van der Waals surface area contributed by atoms with Crippen LogP contribution < -0.4 is 0 Å². The minimum atomic E-state index is -0.735. The molecule has 0 fully saturated rings. The van der Waals surface area contributed by atoms with Gasteiger partial charge in [-0.25, -0.2) is 0 Å². The zero-order valence-electron chi connectivity index (χ0n) is 8.89. The van der Waals surface area contributed by atoms with Gasteiger partial charge in [0.05, 0.1) is 0 Å². The number of hydrogen-bond acceptors (Lipinski definition) is 5. The molecule has 0 radical (unpaired) electrons. The summed E-state index contributed by atoms with van der Waals surface area (Å²) in [6.45, 7) is 5.59. The van der Waals surface area contributed by atoms with Gasteiger partial charge in [-0.3, -0.25) is 0 Å². The van der Waals surface area contributed by atoms with Crippen LogP contribution in [0.25, 0.3) is 0 Å². The molecule has 2 unspecified atom stereocenters. The van der Waals surface area contributed by atoms with Crippen LogP contribution >= 0.6 is 0 Å². The van der Waals surface area contributed by atoms with Gasteiger partial charge in [-0.05, 0) is 12.8 Å². The second kappa shape index (κ2) is 4.52. The summed E-state index contributed by atoms with van der Waals surface area (Å²) in [7, 11) is 1.60. The van der Waals surface area contributed by atoms with Crippen LogP contribution in [0.4, 0.5) is 0 Å². The smallest absolute Gasteiger partial charge is 0.255 e. The Balaban J connectivity index is 2.84. The first-order chi connectivity index (χ1) is 6.56. The highest BCUT2D eigenvalue weighted by atomic mass is 16.5. The molecule has 0 bridgehead atoms. The average Bonchev–Trinajstić information content (AvgIpc) is 2.53. The van der Waals surface area contributed by atoms with Gasteiger partial charge in [0, 0.05) is 7.11 Å². The summed E-state index contributed by atoms with van der Waals surface area (Å²) in [5, 5.41) is 13.0. The van der Waals surface area contributed by atoms with Gasteiger partial charge in [0.15, 0.2) is 0 Å². The minimum Gasteiger partial charge on any atom is -0.384 e. The molecular formula is C9H16N2O3. The van der Waals surface area contributed by atoms with Crippen LogP contribution in [0.2, 0.25) is 0 Å². The SMILES string of the molecule is COC(c1noc(C(C)O)n1)C(C)C. The number of rotatable bonds is 4. The van der Waals surface area contributed by atoms with Crippen LogP contribution in [-0.4, -0.2) is 22.4 Å². The Morgan fingerprint density at radius 3 is 2.36 bits per heavy atom. The van der Waals surface area contributed by atoms with Crippen LogP contribution in [0.5, 0.6) is 0 Å². The summed E-state index contributed by atoms with van der Waals surface area (Å²) < 4.78 is 10.1. The Bertz CT molecular complexity index is 283. The molecule has 0 spiro atoms. The van der Waals surface area contributed by atoms with Crippen molar-refractivity contribution in [3.05, 3.63) is 11.7 Å². The van der Waals surface area contributed by atoms with Gasteiger partial charge in [-0.2, -0.15) is 4.98 Å². The maximum Gasteiger partial charge on any atom is 0.255 e. The fourth-order valence-electron chi connectivity index (χ4n) is 1.21. The second-order valence-electron chi connectivity index (χ2n) is 3.57. The molecular weight excluding hydrogens is 184 g/mol. The zero-order valence-corrected chi connectivity index (χ0v) is 8.89. The number of aromatic nitrogens is 2. The highest BCUT2D eigenvalue weighted by molar-refractivity contribution is 4.93. The third kappa shape index (κ3) is 2.30. The molecule has 1 heterocycles.